The Hall–Kier alpha value is -3.68. The van der Waals surface area contributed by atoms with Gasteiger partial charge in [0.2, 0.25) is 5.89 Å². The van der Waals surface area contributed by atoms with Crippen LogP contribution in [0, 0.1) is 10.1 Å². The fourth-order valence-corrected chi connectivity index (χ4v) is 3.09. The Kier molecular flexibility index (Phi) is 8.36. The number of rotatable bonds is 12. The zero-order chi connectivity index (χ0) is 22.8. The molecule has 168 valence electrons. The van der Waals surface area contributed by atoms with E-state index in [1.54, 1.807) is 0 Å². The highest BCUT2D eigenvalue weighted by Crippen LogP contribution is 2.27. The molecule has 0 spiro atoms. The van der Waals surface area contributed by atoms with E-state index < -0.39 is 4.92 Å². The Morgan fingerprint density at radius 1 is 1.06 bits per heavy atom. The van der Waals surface area contributed by atoms with Crippen molar-refractivity contribution in [2.75, 3.05) is 6.61 Å². The van der Waals surface area contributed by atoms with Crippen molar-refractivity contribution in [3.8, 4) is 23.1 Å². The Morgan fingerprint density at radius 2 is 1.75 bits per heavy atom. The van der Waals surface area contributed by atoms with E-state index in [0.29, 0.717) is 17.9 Å². The van der Waals surface area contributed by atoms with E-state index in [0.717, 1.165) is 12.2 Å². The summed E-state index contributed by atoms with van der Waals surface area (Å²) in [5, 5.41) is 20.8. The number of non-ortho nitro benzene ring substituents is 1. The predicted octanol–water partition coefficient (Wildman–Crippen LogP) is 6.45. The molecule has 0 saturated carbocycles. The number of nitro groups is 1. The molecule has 0 amide bonds. The molecular weight excluding hydrogens is 410 g/mol. The minimum atomic E-state index is -0.486. The van der Waals surface area contributed by atoms with Crippen molar-refractivity contribution in [2.45, 2.75) is 45.4 Å². The van der Waals surface area contributed by atoms with E-state index in [1.165, 1.54) is 62.6 Å². The summed E-state index contributed by atoms with van der Waals surface area (Å²) in [4.78, 5) is 18.8. The van der Waals surface area contributed by atoms with Crippen molar-refractivity contribution in [1.29, 1.82) is 0 Å². The minimum Gasteiger partial charge on any atom is -0.494 e. The van der Waals surface area contributed by atoms with E-state index in [9.17, 15) is 15.2 Å². The van der Waals surface area contributed by atoms with Crippen LogP contribution in [0.5, 0.6) is 11.7 Å². The Morgan fingerprint density at radius 3 is 2.44 bits per heavy atom. The lowest BCUT2D eigenvalue weighted by Gasteiger charge is -2.06. The summed E-state index contributed by atoms with van der Waals surface area (Å²) < 4.78 is 11.0. The highest BCUT2D eigenvalue weighted by molar-refractivity contribution is 5.83. The number of ether oxygens (including phenoxy) is 1. The summed E-state index contributed by atoms with van der Waals surface area (Å²) in [5.74, 6) is 0.570. The van der Waals surface area contributed by atoms with Crippen LogP contribution in [-0.4, -0.2) is 27.8 Å². The van der Waals surface area contributed by atoms with E-state index in [4.69, 9.17) is 9.15 Å². The summed E-state index contributed by atoms with van der Waals surface area (Å²) in [6, 6.07) is 13.1. The molecule has 0 bridgehead atoms. The number of aromatic nitrogens is 1. The van der Waals surface area contributed by atoms with E-state index in [2.05, 4.69) is 16.9 Å². The molecule has 1 heterocycles. The van der Waals surface area contributed by atoms with Crippen molar-refractivity contribution in [3.05, 3.63) is 64.3 Å². The largest absolute Gasteiger partial charge is 0.494 e. The molecule has 2 aromatic carbocycles. The van der Waals surface area contributed by atoms with Crippen LogP contribution < -0.4 is 4.74 Å². The van der Waals surface area contributed by atoms with Gasteiger partial charge in [-0.15, -0.1) is 0 Å². The third-order valence-electron chi connectivity index (χ3n) is 4.90. The van der Waals surface area contributed by atoms with Gasteiger partial charge in [0.15, 0.2) is 5.69 Å². The Balaban J connectivity index is 1.53. The summed E-state index contributed by atoms with van der Waals surface area (Å²) in [6.45, 7) is 2.91. The molecule has 0 aliphatic rings. The van der Waals surface area contributed by atoms with Gasteiger partial charge in [0.25, 0.3) is 5.69 Å². The van der Waals surface area contributed by atoms with Gasteiger partial charge in [-0.2, -0.15) is 0 Å². The lowest BCUT2D eigenvalue weighted by atomic mass is 10.1. The van der Waals surface area contributed by atoms with Crippen molar-refractivity contribution < 1.29 is 19.2 Å². The number of nitro benzene ring substituents is 1. The maximum atomic E-state index is 10.8. The van der Waals surface area contributed by atoms with Gasteiger partial charge in [-0.05, 0) is 42.8 Å². The maximum Gasteiger partial charge on any atom is 0.312 e. The molecular formula is C24H27N3O5. The first-order valence-electron chi connectivity index (χ1n) is 10.8. The fourth-order valence-electron chi connectivity index (χ4n) is 3.09. The highest BCUT2D eigenvalue weighted by atomic mass is 16.6. The van der Waals surface area contributed by atoms with Crippen LogP contribution >= 0.6 is 0 Å². The molecule has 0 radical (unpaired) electrons. The summed E-state index contributed by atoms with van der Waals surface area (Å²) in [7, 11) is 0. The normalized spacial score (nSPS) is 11.2. The second-order valence-electron chi connectivity index (χ2n) is 7.38. The lowest BCUT2D eigenvalue weighted by Crippen LogP contribution is -1.96. The third-order valence-corrected chi connectivity index (χ3v) is 4.90. The summed E-state index contributed by atoms with van der Waals surface area (Å²) >= 11 is 0. The maximum absolute atomic E-state index is 10.8. The van der Waals surface area contributed by atoms with Crippen LogP contribution in [0.1, 0.15) is 51.1 Å². The van der Waals surface area contributed by atoms with Gasteiger partial charge in [-0.25, -0.2) is 4.98 Å². The molecule has 32 heavy (non-hydrogen) atoms. The molecule has 0 fully saturated rings. The average Bonchev–Trinajstić information content (AvgIpc) is 3.18. The van der Waals surface area contributed by atoms with Crippen LogP contribution in [0.15, 0.2) is 57.9 Å². The van der Waals surface area contributed by atoms with Crippen molar-refractivity contribution in [1.82, 2.24) is 4.98 Å². The molecule has 0 atom stereocenters. The first-order valence-corrected chi connectivity index (χ1v) is 10.8. The molecule has 3 rings (SSSR count). The second kappa shape index (κ2) is 11.6. The van der Waals surface area contributed by atoms with Gasteiger partial charge in [0.05, 0.1) is 23.4 Å². The topological polar surface area (TPSA) is 111 Å². The SMILES string of the molecule is CCCCCCCCOc1ccc(N=Cc2nc(-c3ccc([N+](=O)[O-])cc3)oc2O)cc1. The summed E-state index contributed by atoms with van der Waals surface area (Å²) in [5.41, 5.74) is 1.32. The molecule has 0 unspecified atom stereocenters. The first kappa shape index (κ1) is 23.0. The van der Waals surface area contributed by atoms with Crippen molar-refractivity contribution in [2.24, 2.45) is 4.99 Å². The molecule has 1 N–H and O–H groups in total. The van der Waals surface area contributed by atoms with Crippen molar-refractivity contribution in [3.63, 3.8) is 0 Å². The number of benzene rings is 2. The van der Waals surface area contributed by atoms with Crippen LogP contribution in [0.2, 0.25) is 0 Å². The molecule has 1 aromatic heterocycles. The smallest absolute Gasteiger partial charge is 0.312 e. The average molecular weight is 437 g/mol. The second-order valence-corrected chi connectivity index (χ2v) is 7.38. The zero-order valence-electron chi connectivity index (χ0n) is 18.1. The number of oxazole rings is 1. The van der Waals surface area contributed by atoms with E-state index in [1.807, 2.05) is 24.3 Å². The monoisotopic (exact) mass is 437 g/mol. The number of nitrogens with zero attached hydrogens (tertiary/aromatic N) is 3. The quantitative estimate of drug-likeness (QED) is 0.151. The van der Waals surface area contributed by atoms with Crippen LogP contribution in [0.4, 0.5) is 11.4 Å². The standard InChI is InChI=1S/C24H27N3O5/c1-2-3-4-5-6-7-16-31-21-14-10-19(11-15-21)25-17-22-24(28)32-23(26-22)18-8-12-20(13-9-18)27(29)30/h8-15,17,28H,2-7,16H2,1H3. The van der Waals surface area contributed by atoms with Crippen LogP contribution in [-0.2, 0) is 0 Å². The van der Waals surface area contributed by atoms with Gasteiger partial charge >= 0.3 is 5.95 Å². The number of hydrogen-bond donors (Lipinski definition) is 1. The first-order chi connectivity index (χ1) is 15.6. The highest BCUT2D eigenvalue weighted by Gasteiger charge is 2.14. The number of aromatic hydroxyl groups is 1. The van der Waals surface area contributed by atoms with Crippen LogP contribution in [0.25, 0.3) is 11.5 Å². The fraction of sp³-hybridized carbons (Fsp3) is 0.333. The van der Waals surface area contributed by atoms with Crippen LogP contribution in [0.3, 0.4) is 0 Å². The number of aliphatic imine (C=N–C) groups is 1. The molecule has 8 nitrogen and oxygen atoms in total. The Bertz CT molecular complexity index is 1030. The van der Waals surface area contributed by atoms with E-state index in [-0.39, 0.29) is 23.2 Å². The Labute approximate surface area is 186 Å². The van der Waals surface area contributed by atoms with E-state index >= 15 is 0 Å². The zero-order valence-corrected chi connectivity index (χ0v) is 18.1. The van der Waals surface area contributed by atoms with Crippen molar-refractivity contribution >= 4 is 17.6 Å². The number of hydrogen-bond acceptors (Lipinski definition) is 7. The lowest BCUT2D eigenvalue weighted by molar-refractivity contribution is -0.384. The molecule has 0 aliphatic carbocycles. The summed E-state index contributed by atoms with van der Waals surface area (Å²) in [6.07, 6.45) is 8.73. The van der Waals surface area contributed by atoms with Gasteiger partial charge in [-0.3, -0.25) is 15.1 Å². The molecule has 0 aliphatic heterocycles. The minimum absolute atomic E-state index is 0.0364. The van der Waals surface area contributed by atoms with Gasteiger partial charge < -0.3 is 14.3 Å². The third kappa shape index (κ3) is 6.66. The predicted molar refractivity (Wildman–Crippen MR) is 123 cm³/mol. The molecule has 8 heteroatoms. The molecule has 3 aromatic rings. The van der Waals surface area contributed by atoms with Gasteiger partial charge in [0, 0.05) is 17.7 Å². The van der Waals surface area contributed by atoms with Gasteiger partial charge in [0.1, 0.15) is 5.75 Å². The molecule has 0 saturated heterocycles. The number of unbranched alkanes of at least 4 members (excludes halogenated alkanes) is 5. The van der Waals surface area contributed by atoms with Gasteiger partial charge in [-0.1, -0.05) is 39.0 Å².